The Morgan fingerprint density at radius 1 is 0.710 bits per heavy atom. The second-order valence-electron chi connectivity index (χ2n) is 8.44. The van der Waals surface area contributed by atoms with Crippen molar-refractivity contribution in [2.75, 3.05) is 23.0 Å². The molecule has 0 spiro atoms. The van der Waals surface area contributed by atoms with Crippen molar-refractivity contribution < 1.29 is 19.8 Å². The molecular formula is C24H47O4S2Sn. The van der Waals surface area contributed by atoms with E-state index >= 15 is 0 Å². The first-order valence-corrected chi connectivity index (χ1v) is 16.2. The van der Waals surface area contributed by atoms with Crippen LogP contribution in [0, 0.1) is 11.8 Å². The average molecular weight is 582 g/mol. The summed E-state index contributed by atoms with van der Waals surface area (Å²) in [7, 11) is 0. The molecule has 0 fully saturated rings. The average Bonchev–Trinajstić information content (AvgIpc) is 2.67. The number of hydrogen-bond donors (Lipinski definition) is 0. The molecule has 0 amide bonds. The van der Waals surface area contributed by atoms with Gasteiger partial charge in [-0.05, 0) is 36.2 Å². The second-order valence-corrected chi connectivity index (χ2v) is 12.1. The first kappa shape index (κ1) is 36.0. The molecule has 0 aromatic heterocycles. The summed E-state index contributed by atoms with van der Waals surface area (Å²) in [6.07, 6.45) is 12.6. The maximum absolute atomic E-state index is 10.0. The van der Waals surface area contributed by atoms with Gasteiger partial charge in [0, 0.05) is 11.5 Å². The Morgan fingerprint density at radius 3 is 1.32 bits per heavy atom. The van der Waals surface area contributed by atoms with Gasteiger partial charge in [0.1, 0.15) is 0 Å². The van der Waals surface area contributed by atoms with Gasteiger partial charge < -0.3 is 19.8 Å². The molecule has 0 saturated carbocycles. The van der Waals surface area contributed by atoms with Crippen LogP contribution in [0.1, 0.15) is 98.8 Å². The zero-order chi connectivity index (χ0) is 24.3. The molecule has 0 aromatic rings. The van der Waals surface area contributed by atoms with Gasteiger partial charge in [0.25, 0.3) is 0 Å². The van der Waals surface area contributed by atoms with Gasteiger partial charge in [-0.15, -0.1) is 0 Å². The Balaban J connectivity index is -0.000000416. The fourth-order valence-electron chi connectivity index (χ4n) is 2.35. The molecule has 4 nitrogen and oxygen atoms in total. The quantitative estimate of drug-likeness (QED) is 0.172. The third-order valence-corrected chi connectivity index (χ3v) is 7.15. The van der Waals surface area contributed by atoms with E-state index in [2.05, 4.69) is 34.6 Å². The molecule has 0 aliphatic rings. The Kier molecular flexibility index (Phi) is 35.4. The Labute approximate surface area is 215 Å². The van der Waals surface area contributed by atoms with Crippen molar-refractivity contribution in [1.82, 2.24) is 0 Å². The van der Waals surface area contributed by atoms with Crippen molar-refractivity contribution in [1.29, 1.82) is 0 Å². The van der Waals surface area contributed by atoms with Crippen LogP contribution in [0.3, 0.4) is 0 Å². The van der Waals surface area contributed by atoms with Crippen molar-refractivity contribution >= 4 is 58.0 Å². The Morgan fingerprint density at radius 2 is 1.10 bits per heavy atom. The van der Waals surface area contributed by atoms with Gasteiger partial charge in [-0.2, -0.15) is 23.5 Å². The first-order valence-electron chi connectivity index (χ1n) is 11.9. The number of carbonyl (C=O) groups excluding carboxylic acids is 2. The number of thioether (sulfide) groups is 2. The van der Waals surface area contributed by atoms with Gasteiger partial charge in [-0.1, -0.05) is 66.2 Å². The second kappa shape index (κ2) is 30.4. The van der Waals surface area contributed by atoms with Gasteiger partial charge in [0.2, 0.25) is 0 Å². The van der Waals surface area contributed by atoms with Gasteiger partial charge in [0.05, 0.1) is 11.9 Å². The van der Waals surface area contributed by atoms with E-state index in [0.717, 1.165) is 36.2 Å². The van der Waals surface area contributed by atoms with E-state index in [1.54, 1.807) is 22.5 Å². The van der Waals surface area contributed by atoms with Crippen molar-refractivity contribution in [3.63, 3.8) is 0 Å². The molecule has 0 aliphatic heterocycles. The van der Waals surface area contributed by atoms with Crippen LogP contribution in [0.2, 0.25) is 4.44 Å². The number of rotatable bonds is 18. The fourth-order valence-corrected chi connectivity index (χ4v) is 4.80. The van der Waals surface area contributed by atoms with E-state index in [4.69, 9.17) is 0 Å². The molecule has 0 saturated heterocycles. The van der Waals surface area contributed by atoms with Crippen LogP contribution in [-0.2, 0) is 9.59 Å². The number of carboxylic acids is 2. The van der Waals surface area contributed by atoms with E-state index in [9.17, 15) is 19.8 Å². The number of unbranched alkanes of at least 4 members (excludes halogenated alkanes) is 5. The molecular weight excluding hydrogens is 535 g/mol. The van der Waals surface area contributed by atoms with E-state index in [0.29, 0.717) is 0 Å². The standard InChI is InChI=1S/2C10H20O2S.C4H9.Sn/c2*1-9(2)6-4-3-5-7-13-8-10(11)12;1-3-4-2;/h2*9H,3-8H2,1-2H3,(H,11,12);1,3-4H2,2H3;/q;;;+2/p-2. The summed E-state index contributed by atoms with van der Waals surface area (Å²) >= 11 is 4.60. The summed E-state index contributed by atoms with van der Waals surface area (Å²) in [5.41, 5.74) is 0. The third-order valence-electron chi connectivity index (χ3n) is 4.11. The molecule has 1 radical (unpaired) electrons. The number of carbonyl (C=O) groups is 2. The number of hydrogen-bond acceptors (Lipinski definition) is 6. The van der Waals surface area contributed by atoms with Gasteiger partial charge in [-0.3, -0.25) is 0 Å². The maximum atomic E-state index is 10.0. The molecule has 0 atom stereocenters. The van der Waals surface area contributed by atoms with Gasteiger partial charge in [0.15, 0.2) is 0 Å². The molecule has 0 aromatic carbocycles. The normalized spacial score (nSPS) is 10.3. The zero-order valence-corrected chi connectivity index (χ0v) is 25.2. The minimum absolute atomic E-state index is 0.143. The Bertz CT molecular complexity index is 347. The molecule has 7 heteroatoms. The molecule has 0 N–H and O–H groups in total. The molecule has 31 heavy (non-hydrogen) atoms. The van der Waals surface area contributed by atoms with E-state index in [1.807, 2.05) is 0 Å². The van der Waals surface area contributed by atoms with Crippen LogP contribution in [-0.4, -0.2) is 57.5 Å². The Hall–Kier alpha value is 0.439. The fraction of sp³-hybridized carbons (Fsp3) is 0.917. The summed E-state index contributed by atoms with van der Waals surface area (Å²) in [5.74, 6) is 1.86. The summed E-state index contributed by atoms with van der Waals surface area (Å²) in [6.45, 7) is 11.1. The molecule has 0 unspecified atom stereocenters. The van der Waals surface area contributed by atoms with Crippen LogP contribution in [0.5, 0.6) is 0 Å². The van der Waals surface area contributed by atoms with Crippen LogP contribution < -0.4 is 10.2 Å². The topological polar surface area (TPSA) is 80.3 Å². The van der Waals surface area contributed by atoms with Crippen LogP contribution >= 0.6 is 23.5 Å². The monoisotopic (exact) mass is 583 g/mol. The van der Waals surface area contributed by atoms with E-state index < -0.39 is 11.9 Å². The molecule has 183 valence electrons. The van der Waals surface area contributed by atoms with Gasteiger partial charge >= 0.3 is 46.7 Å². The van der Waals surface area contributed by atoms with Gasteiger partial charge in [-0.25, -0.2) is 0 Å². The van der Waals surface area contributed by atoms with Crippen molar-refractivity contribution in [3.8, 4) is 0 Å². The molecule has 0 rings (SSSR count). The van der Waals surface area contributed by atoms with Crippen LogP contribution in [0.4, 0.5) is 0 Å². The summed E-state index contributed by atoms with van der Waals surface area (Å²) in [5, 5.41) is 20.1. The molecule has 0 aliphatic carbocycles. The third kappa shape index (κ3) is 48.9. The summed E-state index contributed by atoms with van der Waals surface area (Å²) < 4.78 is 1.43. The minimum atomic E-state index is -0.952. The predicted octanol–water partition coefficient (Wildman–Crippen LogP) is 4.75. The SMILES string of the molecule is CC(C)CCCCCSCC(=O)[O-].CC(C)CCCCCSCC(=O)[O-].CCC[CH2][Sn+2]. The summed E-state index contributed by atoms with van der Waals surface area (Å²) in [6, 6.07) is 0. The van der Waals surface area contributed by atoms with Crippen LogP contribution in [0.25, 0.3) is 0 Å². The first-order chi connectivity index (χ1) is 14.7. The molecule has 0 heterocycles. The van der Waals surface area contributed by atoms with E-state index in [-0.39, 0.29) is 11.5 Å². The van der Waals surface area contributed by atoms with Crippen molar-refractivity contribution in [2.45, 2.75) is 103 Å². The zero-order valence-electron chi connectivity index (χ0n) is 20.7. The number of aliphatic carboxylic acids is 2. The van der Waals surface area contributed by atoms with Crippen molar-refractivity contribution in [3.05, 3.63) is 0 Å². The van der Waals surface area contributed by atoms with Crippen molar-refractivity contribution in [2.24, 2.45) is 11.8 Å². The number of carboxylic acid groups (broad SMARTS) is 2. The summed E-state index contributed by atoms with van der Waals surface area (Å²) in [4.78, 5) is 20.1. The predicted molar refractivity (Wildman–Crippen MR) is 137 cm³/mol. The van der Waals surface area contributed by atoms with Crippen LogP contribution in [0.15, 0.2) is 0 Å². The van der Waals surface area contributed by atoms with E-state index in [1.165, 1.54) is 79.3 Å². The molecule has 0 bridgehead atoms.